The molecule has 1 aliphatic rings. The lowest BCUT2D eigenvalue weighted by atomic mass is 10.3. The minimum Gasteiger partial charge on any atom is -0.311 e. The molecule has 14 heavy (non-hydrogen) atoms. The standard InChI is InChI=1S/C7H4N2O4S/c10-14(11)12-7-8-5-3-1-2-4-6(5)9(7)13-14/h1-4H. The maximum atomic E-state index is 10.9. The summed E-state index contributed by atoms with van der Waals surface area (Å²) < 4.78 is 31.9. The molecular formula is C7H4N2O4S. The fraction of sp³-hybridized carbons (Fsp3) is 0. The molecule has 1 aromatic heterocycles. The fourth-order valence-corrected chi connectivity index (χ4v) is 1.95. The van der Waals surface area contributed by atoms with E-state index in [1.165, 1.54) is 0 Å². The largest absolute Gasteiger partial charge is 0.523 e. The summed E-state index contributed by atoms with van der Waals surface area (Å²) in [4.78, 5) is 3.93. The first-order chi connectivity index (χ1) is 6.66. The van der Waals surface area contributed by atoms with Gasteiger partial charge in [0, 0.05) is 0 Å². The molecule has 3 rings (SSSR count). The molecule has 0 fully saturated rings. The number of para-hydroxylation sites is 2. The summed E-state index contributed by atoms with van der Waals surface area (Å²) in [5.74, 6) is 0. The van der Waals surface area contributed by atoms with Crippen molar-refractivity contribution in [2.45, 2.75) is 0 Å². The Labute approximate surface area is 79.0 Å². The molecule has 0 N–H and O–H groups in total. The SMILES string of the molecule is O=S1(=O)Oc2nc3ccccc3n2O1. The van der Waals surface area contributed by atoms with Crippen LogP contribution in [0.3, 0.4) is 0 Å². The van der Waals surface area contributed by atoms with Gasteiger partial charge in [0.05, 0.1) is 5.52 Å². The van der Waals surface area contributed by atoms with E-state index >= 15 is 0 Å². The zero-order valence-corrected chi connectivity index (χ0v) is 7.56. The number of aromatic nitrogens is 2. The number of imidazole rings is 1. The second-order valence-corrected chi connectivity index (χ2v) is 3.88. The average Bonchev–Trinajstić information content (AvgIpc) is 2.56. The van der Waals surface area contributed by atoms with Crippen LogP contribution in [0.2, 0.25) is 0 Å². The maximum Gasteiger partial charge on any atom is 0.523 e. The molecule has 2 aromatic rings. The zero-order chi connectivity index (χ0) is 9.76. The van der Waals surface area contributed by atoms with Crippen LogP contribution >= 0.6 is 0 Å². The van der Waals surface area contributed by atoms with Crippen molar-refractivity contribution in [2.75, 3.05) is 0 Å². The number of hydrogen-bond acceptors (Lipinski definition) is 5. The molecule has 0 radical (unpaired) electrons. The minimum atomic E-state index is -3.95. The number of rotatable bonds is 0. The summed E-state index contributed by atoms with van der Waals surface area (Å²) in [5, 5.41) is 0. The van der Waals surface area contributed by atoms with Gasteiger partial charge in [-0.3, -0.25) is 4.28 Å². The normalized spacial score (nSPS) is 17.4. The minimum absolute atomic E-state index is 0.0637. The molecule has 7 heteroatoms. The van der Waals surface area contributed by atoms with Crippen LogP contribution in [0, 0.1) is 0 Å². The molecule has 0 bridgehead atoms. The first-order valence-electron chi connectivity index (χ1n) is 3.78. The molecule has 0 saturated carbocycles. The van der Waals surface area contributed by atoms with Gasteiger partial charge in [-0.2, -0.15) is 4.98 Å². The number of fused-ring (bicyclic) bond motifs is 3. The van der Waals surface area contributed by atoms with Crippen molar-refractivity contribution >= 4 is 21.4 Å². The predicted octanol–water partition coefficient (Wildman–Crippen LogP) is 0.102. The van der Waals surface area contributed by atoms with Gasteiger partial charge in [0.15, 0.2) is 0 Å². The van der Waals surface area contributed by atoms with E-state index in [1.807, 2.05) is 0 Å². The van der Waals surface area contributed by atoms with Crippen molar-refractivity contribution in [2.24, 2.45) is 0 Å². The van der Waals surface area contributed by atoms with Gasteiger partial charge in [-0.1, -0.05) is 12.1 Å². The van der Waals surface area contributed by atoms with Gasteiger partial charge in [0.2, 0.25) is 0 Å². The van der Waals surface area contributed by atoms with Gasteiger partial charge in [-0.25, -0.2) is 0 Å². The van der Waals surface area contributed by atoms with Gasteiger partial charge in [0.25, 0.3) is 0 Å². The third kappa shape index (κ3) is 0.896. The van der Waals surface area contributed by atoms with E-state index in [4.69, 9.17) is 0 Å². The van der Waals surface area contributed by atoms with Crippen LogP contribution in [0.4, 0.5) is 0 Å². The molecule has 2 heterocycles. The third-order valence-electron chi connectivity index (χ3n) is 1.83. The molecule has 0 spiro atoms. The van der Waals surface area contributed by atoms with E-state index < -0.39 is 10.4 Å². The molecule has 0 atom stereocenters. The van der Waals surface area contributed by atoms with Crippen molar-refractivity contribution < 1.29 is 16.9 Å². The van der Waals surface area contributed by atoms with Crippen molar-refractivity contribution in [1.82, 2.24) is 9.71 Å². The number of nitrogens with zero attached hydrogens (tertiary/aromatic N) is 2. The van der Waals surface area contributed by atoms with E-state index in [9.17, 15) is 8.42 Å². The fourth-order valence-electron chi connectivity index (χ4n) is 1.30. The molecule has 0 aliphatic carbocycles. The van der Waals surface area contributed by atoms with Crippen molar-refractivity contribution in [3.8, 4) is 6.01 Å². The molecule has 72 valence electrons. The summed E-state index contributed by atoms with van der Waals surface area (Å²) in [5.41, 5.74) is 1.18. The molecule has 0 amide bonds. The quantitative estimate of drug-likeness (QED) is 0.619. The summed E-state index contributed by atoms with van der Waals surface area (Å²) in [6.45, 7) is 0. The third-order valence-corrected chi connectivity index (χ3v) is 2.52. The first-order valence-corrected chi connectivity index (χ1v) is 5.11. The highest BCUT2D eigenvalue weighted by Gasteiger charge is 2.31. The predicted molar refractivity (Wildman–Crippen MR) is 45.9 cm³/mol. The van der Waals surface area contributed by atoms with Crippen molar-refractivity contribution in [3.05, 3.63) is 24.3 Å². The van der Waals surface area contributed by atoms with Crippen LogP contribution in [0.1, 0.15) is 0 Å². The second kappa shape index (κ2) is 2.18. The Morgan fingerprint density at radius 1 is 1.29 bits per heavy atom. The Morgan fingerprint density at radius 2 is 2.07 bits per heavy atom. The summed E-state index contributed by atoms with van der Waals surface area (Å²) in [6.07, 6.45) is 0. The molecule has 6 nitrogen and oxygen atoms in total. The Hall–Kier alpha value is -1.76. The Kier molecular flexibility index (Phi) is 1.19. The van der Waals surface area contributed by atoms with Crippen LogP contribution in [-0.2, 0) is 10.4 Å². The molecule has 1 aliphatic heterocycles. The average molecular weight is 212 g/mol. The van der Waals surface area contributed by atoms with Gasteiger partial charge >= 0.3 is 16.4 Å². The van der Waals surface area contributed by atoms with Crippen LogP contribution in [0.15, 0.2) is 24.3 Å². The van der Waals surface area contributed by atoms with Gasteiger partial charge in [0.1, 0.15) is 5.52 Å². The lowest BCUT2D eigenvalue weighted by Gasteiger charge is -1.93. The molecule has 1 aromatic carbocycles. The maximum absolute atomic E-state index is 10.9. The van der Waals surface area contributed by atoms with E-state index in [1.54, 1.807) is 24.3 Å². The number of benzene rings is 1. The Bertz CT molecular complexity index is 616. The van der Waals surface area contributed by atoms with Gasteiger partial charge < -0.3 is 4.18 Å². The van der Waals surface area contributed by atoms with E-state index in [0.717, 1.165) is 4.73 Å². The molecule has 0 saturated heterocycles. The van der Waals surface area contributed by atoms with E-state index in [-0.39, 0.29) is 6.01 Å². The zero-order valence-electron chi connectivity index (χ0n) is 6.75. The van der Waals surface area contributed by atoms with Gasteiger partial charge in [-0.05, 0) is 12.1 Å². The van der Waals surface area contributed by atoms with E-state index in [0.29, 0.717) is 11.0 Å². The highest BCUT2D eigenvalue weighted by Crippen LogP contribution is 2.25. The van der Waals surface area contributed by atoms with Gasteiger partial charge in [-0.15, -0.1) is 13.1 Å². The van der Waals surface area contributed by atoms with Crippen LogP contribution in [0.25, 0.3) is 11.0 Å². The summed E-state index contributed by atoms with van der Waals surface area (Å²) >= 11 is 0. The number of hydrogen-bond donors (Lipinski definition) is 0. The lowest BCUT2D eigenvalue weighted by Crippen LogP contribution is -2.13. The monoisotopic (exact) mass is 212 g/mol. The lowest BCUT2D eigenvalue weighted by molar-refractivity contribution is 0.311. The van der Waals surface area contributed by atoms with Crippen LogP contribution in [-0.4, -0.2) is 18.1 Å². The summed E-state index contributed by atoms with van der Waals surface area (Å²) in [7, 11) is -3.95. The second-order valence-electron chi connectivity index (χ2n) is 2.74. The highest BCUT2D eigenvalue weighted by molar-refractivity contribution is 7.82. The van der Waals surface area contributed by atoms with Crippen LogP contribution in [0.5, 0.6) is 6.01 Å². The molecule has 0 unspecified atom stereocenters. The smallest absolute Gasteiger partial charge is 0.311 e. The van der Waals surface area contributed by atoms with E-state index in [2.05, 4.69) is 13.5 Å². The Balaban J connectivity index is 2.36. The molecular weight excluding hydrogens is 208 g/mol. The highest BCUT2D eigenvalue weighted by atomic mass is 32.3. The van der Waals surface area contributed by atoms with Crippen LogP contribution < -0.4 is 8.47 Å². The summed E-state index contributed by atoms with van der Waals surface area (Å²) in [6, 6.07) is 6.91. The first kappa shape index (κ1) is 7.63. The van der Waals surface area contributed by atoms with Crippen molar-refractivity contribution in [3.63, 3.8) is 0 Å². The van der Waals surface area contributed by atoms with Crippen molar-refractivity contribution in [1.29, 1.82) is 0 Å². The Morgan fingerprint density at radius 3 is 2.93 bits per heavy atom. The topological polar surface area (TPSA) is 70.4 Å².